The molecule has 156 valence electrons. The van der Waals surface area contributed by atoms with Crippen LogP contribution in [0, 0.1) is 0 Å². The number of piperazine rings is 1. The van der Waals surface area contributed by atoms with E-state index in [1.807, 2.05) is 24.8 Å². The number of rotatable bonds is 4. The fraction of sp³-hybridized carbons (Fsp3) is 0.409. The molecule has 1 fully saturated rings. The molecule has 0 saturated carbocycles. The largest absolute Gasteiger partial charge is 0.411 e. The van der Waals surface area contributed by atoms with Crippen LogP contribution in [0.2, 0.25) is 5.02 Å². The maximum Gasteiger partial charge on any atom is 0.0552 e. The lowest BCUT2D eigenvalue weighted by molar-refractivity contribution is 0.0960. The maximum absolute atomic E-state index is 8.85. The number of hydrogen-bond donors (Lipinski definition) is 1. The number of fused-ring (bicyclic) bond motifs is 2. The average molecular weight is 452 g/mol. The summed E-state index contributed by atoms with van der Waals surface area (Å²) in [6.45, 7) is 6.99. The van der Waals surface area contributed by atoms with Crippen molar-refractivity contribution in [2.75, 3.05) is 32.7 Å². The third-order valence-corrected chi connectivity index (χ3v) is 7.19. The zero-order chi connectivity index (χ0) is 19.5. The van der Waals surface area contributed by atoms with Crippen molar-refractivity contribution in [1.29, 1.82) is 0 Å². The number of hydrogen-bond acceptors (Lipinski definition) is 5. The summed E-state index contributed by atoms with van der Waals surface area (Å²) in [5.74, 6) is 0. The summed E-state index contributed by atoms with van der Waals surface area (Å²) in [5, 5.41) is 13.0. The monoisotopic (exact) mass is 451 g/mol. The van der Waals surface area contributed by atoms with E-state index in [9.17, 15) is 0 Å². The van der Waals surface area contributed by atoms with Crippen LogP contribution in [0.3, 0.4) is 0 Å². The van der Waals surface area contributed by atoms with Crippen LogP contribution in [0.25, 0.3) is 0 Å². The molecule has 1 saturated heterocycles. The minimum Gasteiger partial charge on any atom is -0.411 e. The smallest absolute Gasteiger partial charge is 0.0552 e. The molecule has 0 bridgehead atoms. The van der Waals surface area contributed by atoms with Gasteiger partial charge in [0.1, 0.15) is 0 Å². The number of benzene rings is 2. The molecule has 2 aliphatic rings. The number of halogens is 2. The molecule has 0 spiro atoms. The SMILES string of the molecule is C/C(CCN1CCN(C2Cc3ccccc3Sc3ccc(Cl)cc32)CC1)=N\O.Cl. The van der Waals surface area contributed by atoms with Gasteiger partial charge in [0.15, 0.2) is 0 Å². The predicted octanol–water partition coefficient (Wildman–Crippen LogP) is 5.37. The Kier molecular flexibility index (Phi) is 7.88. The molecule has 1 N–H and O–H groups in total. The van der Waals surface area contributed by atoms with E-state index in [1.54, 1.807) is 0 Å². The van der Waals surface area contributed by atoms with Gasteiger partial charge in [-0.15, -0.1) is 12.4 Å². The molecule has 1 atom stereocenters. The molecule has 0 radical (unpaired) electrons. The third kappa shape index (κ3) is 5.28. The van der Waals surface area contributed by atoms with Crippen molar-refractivity contribution in [3.63, 3.8) is 0 Å². The van der Waals surface area contributed by atoms with Crippen molar-refractivity contribution in [3.8, 4) is 0 Å². The first-order valence-corrected chi connectivity index (χ1v) is 11.0. The molecule has 0 aromatic heterocycles. The zero-order valence-corrected chi connectivity index (χ0v) is 18.9. The lowest BCUT2D eigenvalue weighted by Crippen LogP contribution is -2.48. The molecule has 4 nitrogen and oxygen atoms in total. The standard InChI is InChI=1S/C22H26ClN3OS.ClH/c1-16(24-27)8-9-25-10-12-26(13-11-25)20-14-17-4-2-3-5-21(17)28-22-7-6-18(23)15-19(20)22;/h2-7,15,20,27H,8-14H2,1H3;1H/b24-16+;. The first-order chi connectivity index (χ1) is 13.6. The molecule has 2 aliphatic heterocycles. The molecule has 0 aliphatic carbocycles. The van der Waals surface area contributed by atoms with Crippen LogP contribution < -0.4 is 0 Å². The van der Waals surface area contributed by atoms with E-state index in [0.717, 1.165) is 56.3 Å². The predicted molar refractivity (Wildman–Crippen MR) is 123 cm³/mol. The first-order valence-electron chi connectivity index (χ1n) is 9.83. The van der Waals surface area contributed by atoms with E-state index in [2.05, 4.69) is 51.4 Å². The number of oxime groups is 1. The van der Waals surface area contributed by atoms with E-state index in [0.29, 0.717) is 6.04 Å². The molecule has 1 unspecified atom stereocenters. The van der Waals surface area contributed by atoms with Crippen LogP contribution in [0.5, 0.6) is 0 Å². The van der Waals surface area contributed by atoms with Gasteiger partial charge in [-0.25, -0.2) is 0 Å². The van der Waals surface area contributed by atoms with Crippen LogP contribution in [0.4, 0.5) is 0 Å². The van der Waals surface area contributed by atoms with Gasteiger partial charge in [0.2, 0.25) is 0 Å². The average Bonchev–Trinajstić information content (AvgIpc) is 2.89. The Morgan fingerprint density at radius 2 is 1.90 bits per heavy atom. The van der Waals surface area contributed by atoms with Gasteiger partial charge in [0, 0.05) is 60.0 Å². The van der Waals surface area contributed by atoms with Gasteiger partial charge in [0.25, 0.3) is 0 Å². The Hall–Kier alpha value is -1.24. The Morgan fingerprint density at radius 1 is 1.14 bits per heavy atom. The minimum atomic E-state index is 0. The summed E-state index contributed by atoms with van der Waals surface area (Å²) < 4.78 is 0. The summed E-state index contributed by atoms with van der Waals surface area (Å²) >= 11 is 8.25. The van der Waals surface area contributed by atoms with Gasteiger partial charge in [0.05, 0.1) is 5.71 Å². The summed E-state index contributed by atoms with van der Waals surface area (Å²) in [6.07, 6.45) is 1.84. The quantitative estimate of drug-likeness (QED) is 0.385. The Labute approximate surface area is 188 Å². The lowest BCUT2D eigenvalue weighted by Gasteiger charge is -2.39. The molecule has 4 rings (SSSR count). The van der Waals surface area contributed by atoms with Gasteiger partial charge >= 0.3 is 0 Å². The number of nitrogens with zero attached hydrogens (tertiary/aromatic N) is 3. The lowest BCUT2D eigenvalue weighted by atomic mass is 9.96. The van der Waals surface area contributed by atoms with Crippen LogP contribution in [-0.4, -0.2) is 53.4 Å². The van der Waals surface area contributed by atoms with Crippen molar-refractivity contribution in [2.45, 2.75) is 35.6 Å². The van der Waals surface area contributed by atoms with Gasteiger partial charge in [-0.3, -0.25) is 4.90 Å². The molecule has 2 heterocycles. The zero-order valence-electron chi connectivity index (χ0n) is 16.6. The molecule has 2 aromatic rings. The van der Waals surface area contributed by atoms with E-state index < -0.39 is 0 Å². The molecule has 2 aromatic carbocycles. The van der Waals surface area contributed by atoms with E-state index in [-0.39, 0.29) is 12.4 Å². The minimum absolute atomic E-state index is 0. The molecular weight excluding hydrogens is 425 g/mol. The highest BCUT2D eigenvalue weighted by Crippen LogP contribution is 2.43. The normalized spacial score (nSPS) is 20.3. The summed E-state index contributed by atoms with van der Waals surface area (Å²) in [5.41, 5.74) is 3.57. The van der Waals surface area contributed by atoms with Crippen LogP contribution in [0.15, 0.2) is 57.4 Å². The fourth-order valence-corrected chi connectivity index (χ4v) is 5.37. The van der Waals surface area contributed by atoms with Crippen molar-refractivity contribution in [1.82, 2.24) is 9.80 Å². The highest BCUT2D eigenvalue weighted by molar-refractivity contribution is 7.99. The van der Waals surface area contributed by atoms with Crippen LogP contribution in [0.1, 0.15) is 30.5 Å². The highest BCUT2D eigenvalue weighted by Gasteiger charge is 2.30. The Balaban J connectivity index is 0.00000240. The second-order valence-electron chi connectivity index (χ2n) is 7.57. The van der Waals surface area contributed by atoms with Crippen LogP contribution in [-0.2, 0) is 6.42 Å². The van der Waals surface area contributed by atoms with Crippen molar-refractivity contribution in [2.24, 2.45) is 5.16 Å². The molecule has 29 heavy (non-hydrogen) atoms. The molecular formula is C22H27Cl2N3OS. The summed E-state index contributed by atoms with van der Waals surface area (Å²) in [6, 6.07) is 15.4. The third-order valence-electron chi connectivity index (χ3n) is 5.74. The van der Waals surface area contributed by atoms with Crippen molar-refractivity contribution < 1.29 is 5.21 Å². The fourth-order valence-electron chi connectivity index (χ4n) is 4.08. The van der Waals surface area contributed by atoms with Crippen LogP contribution >= 0.6 is 35.8 Å². The first kappa shape index (κ1) is 22.4. The molecule has 7 heteroatoms. The van der Waals surface area contributed by atoms with Gasteiger partial charge < -0.3 is 10.1 Å². The topological polar surface area (TPSA) is 39.1 Å². The van der Waals surface area contributed by atoms with E-state index in [4.69, 9.17) is 16.8 Å². The van der Waals surface area contributed by atoms with Gasteiger partial charge in [-0.1, -0.05) is 46.7 Å². The van der Waals surface area contributed by atoms with E-state index in [1.165, 1.54) is 20.9 Å². The van der Waals surface area contributed by atoms with Gasteiger partial charge in [-0.05, 0) is 48.7 Å². The summed E-state index contributed by atoms with van der Waals surface area (Å²) in [4.78, 5) is 7.74. The Bertz CT molecular complexity index is 869. The second kappa shape index (κ2) is 10.2. The van der Waals surface area contributed by atoms with Crippen molar-refractivity contribution in [3.05, 3.63) is 58.6 Å². The highest BCUT2D eigenvalue weighted by atomic mass is 35.5. The second-order valence-corrected chi connectivity index (χ2v) is 9.09. The Morgan fingerprint density at radius 3 is 2.66 bits per heavy atom. The van der Waals surface area contributed by atoms with Gasteiger partial charge in [-0.2, -0.15) is 0 Å². The van der Waals surface area contributed by atoms with Crippen molar-refractivity contribution >= 4 is 41.5 Å². The molecule has 0 amide bonds. The summed E-state index contributed by atoms with van der Waals surface area (Å²) in [7, 11) is 0. The van der Waals surface area contributed by atoms with E-state index >= 15 is 0 Å². The maximum atomic E-state index is 8.85.